The molecule has 3 aromatic rings. The topological polar surface area (TPSA) is 43.8 Å². The number of halogens is 1. The van der Waals surface area contributed by atoms with E-state index in [4.69, 9.17) is 10.7 Å². The normalized spacial score (nSPS) is 12.7. The van der Waals surface area contributed by atoms with Crippen LogP contribution in [0, 0.1) is 0 Å². The van der Waals surface area contributed by atoms with E-state index < -0.39 is 0 Å². The van der Waals surface area contributed by atoms with Crippen molar-refractivity contribution in [2.45, 2.75) is 26.3 Å². The maximum atomic E-state index is 5.87. The van der Waals surface area contributed by atoms with Crippen LogP contribution >= 0.6 is 15.9 Å². The molecule has 0 spiro atoms. The second-order valence-corrected chi connectivity index (χ2v) is 6.14. The Labute approximate surface area is 132 Å². The van der Waals surface area contributed by atoms with Crippen molar-refractivity contribution in [3.63, 3.8) is 0 Å². The Kier molecular flexibility index (Phi) is 3.72. The van der Waals surface area contributed by atoms with E-state index in [0.717, 1.165) is 33.4 Å². The lowest BCUT2D eigenvalue weighted by molar-refractivity contribution is 0.623. The van der Waals surface area contributed by atoms with Crippen LogP contribution in [0.1, 0.15) is 31.3 Å². The average Bonchev–Trinajstić information content (AvgIpc) is 2.84. The molecular formula is C17H18BrN3. The molecule has 0 bridgehead atoms. The Morgan fingerprint density at radius 2 is 1.90 bits per heavy atom. The van der Waals surface area contributed by atoms with Crippen LogP contribution in [0.15, 0.2) is 46.9 Å². The Morgan fingerprint density at radius 3 is 2.57 bits per heavy atom. The third-order valence-electron chi connectivity index (χ3n) is 3.84. The third-order valence-corrected chi connectivity index (χ3v) is 4.37. The van der Waals surface area contributed by atoms with Gasteiger partial charge >= 0.3 is 0 Å². The molecule has 1 aromatic heterocycles. The molecule has 0 saturated heterocycles. The van der Waals surface area contributed by atoms with E-state index in [0.29, 0.717) is 0 Å². The lowest BCUT2D eigenvalue weighted by atomic mass is 10.1. The highest BCUT2D eigenvalue weighted by atomic mass is 79.9. The molecule has 0 amide bonds. The first-order valence-electron chi connectivity index (χ1n) is 7.12. The van der Waals surface area contributed by atoms with Gasteiger partial charge in [0.2, 0.25) is 0 Å². The van der Waals surface area contributed by atoms with Crippen LogP contribution in [-0.4, -0.2) is 9.55 Å². The van der Waals surface area contributed by atoms with Gasteiger partial charge in [-0.2, -0.15) is 0 Å². The minimum atomic E-state index is 0.238. The highest BCUT2D eigenvalue weighted by molar-refractivity contribution is 9.10. The first-order chi connectivity index (χ1) is 10.1. The van der Waals surface area contributed by atoms with Gasteiger partial charge < -0.3 is 10.3 Å². The van der Waals surface area contributed by atoms with Crippen molar-refractivity contribution in [3.8, 4) is 0 Å². The minimum Gasteiger partial charge on any atom is -0.399 e. The molecule has 1 heterocycles. The summed E-state index contributed by atoms with van der Waals surface area (Å²) >= 11 is 3.49. The number of imidazole rings is 1. The largest absolute Gasteiger partial charge is 0.399 e. The van der Waals surface area contributed by atoms with Crippen molar-refractivity contribution in [1.82, 2.24) is 9.55 Å². The zero-order valence-electron chi connectivity index (χ0n) is 12.2. The number of nitrogens with zero attached hydrogens (tertiary/aromatic N) is 2. The molecule has 0 saturated carbocycles. The molecule has 3 nitrogen and oxygen atoms in total. The maximum absolute atomic E-state index is 5.87. The summed E-state index contributed by atoms with van der Waals surface area (Å²) < 4.78 is 3.40. The minimum absolute atomic E-state index is 0.238. The van der Waals surface area contributed by atoms with Crippen LogP contribution in [0.3, 0.4) is 0 Å². The van der Waals surface area contributed by atoms with Crippen molar-refractivity contribution < 1.29 is 0 Å². The predicted molar refractivity (Wildman–Crippen MR) is 91.5 cm³/mol. The number of nitrogens with two attached hydrogens (primary N) is 1. The van der Waals surface area contributed by atoms with Gasteiger partial charge in [-0.1, -0.05) is 35.0 Å². The van der Waals surface area contributed by atoms with E-state index in [1.54, 1.807) is 0 Å². The first kappa shape index (κ1) is 14.1. The van der Waals surface area contributed by atoms with E-state index in [-0.39, 0.29) is 6.04 Å². The van der Waals surface area contributed by atoms with Crippen LogP contribution in [0.5, 0.6) is 0 Å². The fourth-order valence-electron chi connectivity index (χ4n) is 2.74. The Bertz CT molecular complexity index is 775. The van der Waals surface area contributed by atoms with Gasteiger partial charge in [0.1, 0.15) is 5.82 Å². The van der Waals surface area contributed by atoms with Gasteiger partial charge in [0, 0.05) is 16.6 Å². The summed E-state index contributed by atoms with van der Waals surface area (Å²) in [5, 5.41) is 0. The van der Waals surface area contributed by atoms with Crippen molar-refractivity contribution in [2.75, 3.05) is 5.73 Å². The Morgan fingerprint density at radius 1 is 1.19 bits per heavy atom. The van der Waals surface area contributed by atoms with Gasteiger partial charge in [-0.15, -0.1) is 0 Å². The zero-order valence-corrected chi connectivity index (χ0v) is 13.8. The summed E-state index contributed by atoms with van der Waals surface area (Å²) in [5.41, 5.74) is 10.0. The molecule has 0 fully saturated rings. The molecule has 0 aliphatic rings. The van der Waals surface area contributed by atoms with E-state index in [1.165, 1.54) is 5.56 Å². The average molecular weight is 344 g/mol. The summed E-state index contributed by atoms with van der Waals surface area (Å²) in [4.78, 5) is 4.73. The summed E-state index contributed by atoms with van der Waals surface area (Å²) in [6.45, 7) is 4.34. The molecule has 1 atom stereocenters. The molecule has 21 heavy (non-hydrogen) atoms. The highest BCUT2D eigenvalue weighted by Crippen LogP contribution is 2.28. The molecule has 1 unspecified atom stereocenters. The van der Waals surface area contributed by atoms with Crippen molar-refractivity contribution in [3.05, 3.63) is 58.3 Å². The molecule has 0 radical (unpaired) electrons. The lowest BCUT2D eigenvalue weighted by Gasteiger charge is -2.18. The van der Waals surface area contributed by atoms with Gasteiger partial charge in [0.25, 0.3) is 0 Å². The lowest BCUT2D eigenvalue weighted by Crippen LogP contribution is -2.10. The summed E-state index contributed by atoms with van der Waals surface area (Å²) in [5.74, 6) is 1.09. The van der Waals surface area contributed by atoms with E-state index >= 15 is 0 Å². The van der Waals surface area contributed by atoms with Crippen LogP contribution in [-0.2, 0) is 6.42 Å². The molecule has 4 heteroatoms. The monoisotopic (exact) mass is 343 g/mol. The highest BCUT2D eigenvalue weighted by Gasteiger charge is 2.16. The molecule has 3 rings (SSSR count). The number of aromatic nitrogens is 2. The zero-order chi connectivity index (χ0) is 15.0. The molecule has 2 aromatic carbocycles. The van der Waals surface area contributed by atoms with Crippen LogP contribution in [0.25, 0.3) is 11.0 Å². The number of fused-ring (bicyclic) bond motifs is 1. The third kappa shape index (κ3) is 2.56. The van der Waals surface area contributed by atoms with E-state index in [2.05, 4.69) is 64.7 Å². The van der Waals surface area contributed by atoms with E-state index in [9.17, 15) is 0 Å². The maximum Gasteiger partial charge on any atom is 0.110 e. The van der Waals surface area contributed by atoms with Crippen molar-refractivity contribution >= 4 is 32.7 Å². The number of rotatable bonds is 3. The summed E-state index contributed by atoms with van der Waals surface area (Å²) in [6, 6.07) is 14.6. The number of hydrogen-bond acceptors (Lipinski definition) is 2. The predicted octanol–water partition coefficient (Wildman–Crippen LogP) is 4.55. The number of aryl methyl sites for hydroxylation is 1. The molecule has 108 valence electrons. The summed E-state index contributed by atoms with van der Waals surface area (Å²) in [7, 11) is 0. The molecular weight excluding hydrogens is 326 g/mol. The molecule has 2 N–H and O–H groups in total. The standard InChI is InChI=1S/C17H18BrN3/c1-3-17-20-15-10-14(19)8-9-16(15)21(17)11(2)12-4-6-13(18)7-5-12/h4-11H,3,19H2,1-2H3. The Hall–Kier alpha value is -1.81. The van der Waals surface area contributed by atoms with Gasteiger partial charge in [-0.3, -0.25) is 0 Å². The number of nitrogen functional groups attached to an aromatic ring is 1. The second-order valence-electron chi connectivity index (χ2n) is 5.23. The molecule has 0 aliphatic carbocycles. The van der Waals surface area contributed by atoms with Crippen LogP contribution < -0.4 is 5.73 Å². The Balaban J connectivity index is 2.16. The summed E-state index contributed by atoms with van der Waals surface area (Å²) in [6.07, 6.45) is 0.898. The fraction of sp³-hybridized carbons (Fsp3) is 0.235. The quantitative estimate of drug-likeness (QED) is 0.708. The first-order valence-corrected chi connectivity index (χ1v) is 7.91. The van der Waals surface area contributed by atoms with Gasteiger partial charge in [0.05, 0.1) is 17.1 Å². The van der Waals surface area contributed by atoms with E-state index in [1.807, 2.05) is 12.1 Å². The number of anilines is 1. The second kappa shape index (κ2) is 5.53. The van der Waals surface area contributed by atoms with Crippen molar-refractivity contribution in [1.29, 1.82) is 0 Å². The number of benzene rings is 2. The van der Waals surface area contributed by atoms with Gasteiger partial charge in [0.15, 0.2) is 0 Å². The van der Waals surface area contributed by atoms with Gasteiger partial charge in [-0.05, 0) is 42.8 Å². The van der Waals surface area contributed by atoms with Gasteiger partial charge in [-0.25, -0.2) is 4.98 Å². The fourth-order valence-corrected chi connectivity index (χ4v) is 3.00. The van der Waals surface area contributed by atoms with Crippen LogP contribution in [0.4, 0.5) is 5.69 Å². The smallest absolute Gasteiger partial charge is 0.110 e. The molecule has 0 aliphatic heterocycles. The number of hydrogen-bond donors (Lipinski definition) is 1. The van der Waals surface area contributed by atoms with Crippen LogP contribution in [0.2, 0.25) is 0 Å². The van der Waals surface area contributed by atoms with Crippen molar-refractivity contribution in [2.24, 2.45) is 0 Å². The SMILES string of the molecule is CCc1nc2cc(N)ccc2n1C(C)c1ccc(Br)cc1.